The standard InChI is InChI=1S/C20H21N5OS2/c1-3-10-25-16-9-5-4-8-15(16)17-18(25)22-20(24-23-17)28-13(2)19(26)21-12-14-7-6-11-27-14/h4-9,11,13H,3,10,12H2,1-2H3,(H,21,26). The molecule has 3 aromatic heterocycles. The molecule has 0 saturated carbocycles. The molecule has 0 radical (unpaired) electrons. The van der Waals surface area contributed by atoms with Gasteiger partial charge in [-0.3, -0.25) is 4.79 Å². The van der Waals surface area contributed by atoms with Crippen molar-refractivity contribution in [2.75, 3.05) is 0 Å². The highest BCUT2D eigenvalue weighted by molar-refractivity contribution is 8.00. The van der Waals surface area contributed by atoms with Gasteiger partial charge in [-0.2, -0.15) is 0 Å². The summed E-state index contributed by atoms with van der Waals surface area (Å²) in [4.78, 5) is 18.3. The molecule has 0 fully saturated rings. The molecule has 1 amide bonds. The van der Waals surface area contributed by atoms with Crippen LogP contribution in [-0.2, 0) is 17.9 Å². The number of thioether (sulfide) groups is 1. The van der Waals surface area contributed by atoms with Crippen LogP contribution in [0.5, 0.6) is 0 Å². The van der Waals surface area contributed by atoms with Gasteiger partial charge in [-0.25, -0.2) is 4.98 Å². The largest absolute Gasteiger partial charge is 0.350 e. The van der Waals surface area contributed by atoms with Gasteiger partial charge in [0.2, 0.25) is 11.1 Å². The average Bonchev–Trinajstić information content (AvgIpc) is 3.33. The molecule has 0 aliphatic heterocycles. The first-order valence-corrected chi connectivity index (χ1v) is 11.0. The van der Waals surface area contributed by atoms with Crippen molar-refractivity contribution in [2.45, 2.75) is 43.8 Å². The first-order chi connectivity index (χ1) is 13.7. The molecule has 4 rings (SSSR count). The van der Waals surface area contributed by atoms with Crippen molar-refractivity contribution in [3.63, 3.8) is 0 Å². The van der Waals surface area contributed by atoms with E-state index in [2.05, 4.69) is 33.1 Å². The molecule has 0 aliphatic carbocycles. The van der Waals surface area contributed by atoms with Crippen molar-refractivity contribution in [2.24, 2.45) is 0 Å². The topological polar surface area (TPSA) is 72.7 Å². The second-order valence-electron chi connectivity index (χ2n) is 6.49. The normalized spacial score (nSPS) is 12.5. The minimum Gasteiger partial charge on any atom is -0.350 e. The summed E-state index contributed by atoms with van der Waals surface area (Å²) in [6, 6.07) is 12.2. The molecule has 28 heavy (non-hydrogen) atoms. The number of aromatic nitrogens is 4. The van der Waals surface area contributed by atoms with E-state index in [9.17, 15) is 4.79 Å². The van der Waals surface area contributed by atoms with Crippen LogP contribution < -0.4 is 5.32 Å². The van der Waals surface area contributed by atoms with Crippen LogP contribution in [0.2, 0.25) is 0 Å². The molecule has 0 saturated heterocycles. The zero-order valence-corrected chi connectivity index (χ0v) is 17.4. The quantitative estimate of drug-likeness (QED) is 0.460. The Hall–Kier alpha value is -2.45. The maximum absolute atomic E-state index is 12.4. The molecular weight excluding hydrogens is 390 g/mol. The number of benzene rings is 1. The van der Waals surface area contributed by atoms with Crippen LogP contribution >= 0.6 is 23.1 Å². The Labute approximate surface area is 171 Å². The molecule has 4 aromatic rings. The lowest BCUT2D eigenvalue weighted by Gasteiger charge is -2.10. The molecule has 1 atom stereocenters. The Kier molecular flexibility index (Phi) is 5.59. The number of nitrogens with one attached hydrogen (secondary N) is 1. The summed E-state index contributed by atoms with van der Waals surface area (Å²) in [5.41, 5.74) is 2.75. The van der Waals surface area contributed by atoms with Crippen LogP contribution in [0, 0.1) is 0 Å². The molecule has 1 N–H and O–H groups in total. The van der Waals surface area contributed by atoms with Gasteiger partial charge in [0.25, 0.3) is 0 Å². The number of thiophene rings is 1. The number of nitrogens with zero attached hydrogens (tertiary/aromatic N) is 4. The number of hydrogen-bond acceptors (Lipinski definition) is 6. The van der Waals surface area contributed by atoms with E-state index in [0.717, 1.165) is 39.9 Å². The van der Waals surface area contributed by atoms with Crippen molar-refractivity contribution in [1.29, 1.82) is 0 Å². The van der Waals surface area contributed by atoms with E-state index < -0.39 is 0 Å². The Morgan fingerprint density at radius 1 is 1.25 bits per heavy atom. The van der Waals surface area contributed by atoms with Crippen LogP contribution in [0.15, 0.2) is 46.9 Å². The number of carbonyl (C=O) groups excluding carboxylic acids is 1. The SMILES string of the molecule is CCCn1c2ccccc2c2nnc(SC(C)C(=O)NCc3cccs3)nc21. The second-order valence-corrected chi connectivity index (χ2v) is 8.83. The summed E-state index contributed by atoms with van der Waals surface area (Å²) >= 11 is 2.96. The third-order valence-corrected chi connectivity index (χ3v) is 6.30. The molecule has 8 heteroatoms. The van der Waals surface area contributed by atoms with Gasteiger partial charge in [0, 0.05) is 16.8 Å². The summed E-state index contributed by atoms with van der Waals surface area (Å²) in [5, 5.41) is 14.9. The summed E-state index contributed by atoms with van der Waals surface area (Å²) in [5.74, 6) is -0.0313. The Morgan fingerprint density at radius 3 is 2.89 bits per heavy atom. The van der Waals surface area contributed by atoms with E-state index in [1.807, 2.05) is 42.6 Å². The average molecular weight is 412 g/mol. The van der Waals surface area contributed by atoms with Gasteiger partial charge in [0.1, 0.15) is 5.52 Å². The number of aryl methyl sites for hydroxylation is 1. The van der Waals surface area contributed by atoms with E-state index >= 15 is 0 Å². The van der Waals surface area contributed by atoms with E-state index in [4.69, 9.17) is 4.98 Å². The first kappa shape index (κ1) is 18.9. The van der Waals surface area contributed by atoms with Crippen molar-refractivity contribution < 1.29 is 4.79 Å². The molecule has 0 aliphatic rings. The van der Waals surface area contributed by atoms with Crippen LogP contribution in [0.4, 0.5) is 0 Å². The zero-order valence-electron chi connectivity index (χ0n) is 15.8. The van der Waals surface area contributed by atoms with Crippen molar-refractivity contribution in [3.8, 4) is 0 Å². The van der Waals surface area contributed by atoms with Crippen LogP contribution in [0.25, 0.3) is 22.1 Å². The van der Waals surface area contributed by atoms with Gasteiger partial charge in [0.15, 0.2) is 5.65 Å². The van der Waals surface area contributed by atoms with E-state index in [1.54, 1.807) is 11.3 Å². The fourth-order valence-electron chi connectivity index (χ4n) is 3.13. The third-order valence-electron chi connectivity index (χ3n) is 4.47. The molecule has 0 bridgehead atoms. The smallest absolute Gasteiger partial charge is 0.233 e. The van der Waals surface area contributed by atoms with E-state index in [-0.39, 0.29) is 11.2 Å². The molecular formula is C20H21N5OS2. The van der Waals surface area contributed by atoms with Crippen LogP contribution in [0.3, 0.4) is 0 Å². The Morgan fingerprint density at radius 2 is 2.11 bits per heavy atom. The van der Waals surface area contributed by atoms with Crippen LogP contribution in [-0.4, -0.2) is 30.9 Å². The number of carbonyl (C=O) groups is 1. The molecule has 1 aromatic carbocycles. The number of amides is 1. The fourth-order valence-corrected chi connectivity index (χ4v) is 4.51. The summed E-state index contributed by atoms with van der Waals surface area (Å²) in [6.45, 7) is 5.42. The number of rotatable bonds is 7. The monoisotopic (exact) mass is 411 g/mol. The maximum atomic E-state index is 12.4. The highest BCUT2D eigenvalue weighted by Gasteiger charge is 2.19. The van der Waals surface area contributed by atoms with Crippen molar-refractivity contribution >= 4 is 51.1 Å². The number of fused-ring (bicyclic) bond motifs is 3. The van der Waals surface area contributed by atoms with Gasteiger partial charge in [-0.05, 0) is 30.9 Å². The van der Waals surface area contributed by atoms with E-state index in [0.29, 0.717) is 11.7 Å². The minimum absolute atomic E-state index is 0.0313. The molecule has 1 unspecified atom stereocenters. The predicted octanol–water partition coefficient (Wildman–Crippen LogP) is 4.25. The van der Waals surface area contributed by atoms with Crippen LogP contribution in [0.1, 0.15) is 25.1 Å². The van der Waals surface area contributed by atoms with Gasteiger partial charge in [-0.1, -0.05) is 43.0 Å². The maximum Gasteiger partial charge on any atom is 0.233 e. The number of hydrogen-bond donors (Lipinski definition) is 1. The minimum atomic E-state index is -0.303. The van der Waals surface area contributed by atoms with Gasteiger partial charge in [-0.15, -0.1) is 21.5 Å². The fraction of sp³-hybridized carbons (Fsp3) is 0.300. The number of para-hydroxylation sites is 1. The molecule has 3 heterocycles. The van der Waals surface area contributed by atoms with Crippen molar-refractivity contribution in [3.05, 3.63) is 46.7 Å². The lowest BCUT2D eigenvalue weighted by atomic mass is 10.2. The summed E-state index contributed by atoms with van der Waals surface area (Å²) in [6.07, 6.45) is 1.00. The van der Waals surface area contributed by atoms with Gasteiger partial charge in [0.05, 0.1) is 17.3 Å². The molecule has 144 valence electrons. The lowest BCUT2D eigenvalue weighted by molar-refractivity contribution is -0.120. The molecule has 0 spiro atoms. The molecule has 6 nitrogen and oxygen atoms in total. The van der Waals surface area contributed by atoms with Gasteiger partial charge < -0.3 is 9.88 Å². The predicted molar refractivity (Wildman–Crippen MR) is 115 cm³/mol. The highest BCUT2D eigenvalue weighted by atomic mass is 32.2. The zero-order chi connectivity index (χ0) is 19.5. The van der Waals surface area contributed by atoms with Gasteiger partial charge >= 0.3 is 0 Å². The Balaban J connectivity index is 1.56. The summed E-state index contributed by atoms with van der Waals surface area (Å²) < 4.78 is 2.19. The summed E-state index contributed by atoms with van der Waals surface area (Å²) in [7, 11) is 0. The second kappa shape index (κ2) is 8.28. The lowest BCUT2D eigenvalue weighted by Crippen LogP contribution is -2.30. The van der Waals surface area contributed by atoms with E-state index in [1.165, 1.54) is 11.8 Å². The highest BCUT2D eigenvalue weighted by Crippen LogP contribution is 2.28. The Bertz CT molecular complexity index is 1110. The van der Waals surface area contributed by atoms with Crippen molar-refractivity contribution in [1.82, 2.24) is 25.1 Å². The third kappa shape index (κ3) is 3.74. The first-order valence-electron chi connectivity index (χ1n) is 9.25.